The number of anilines is 1. The number of nitrogens with zero attached hydrogens (tertiary/aromatic N) is 2. The first-order chi connectivity index (χ1) is 12.5. The maximum atomic E-state index is 12.1. The molecule has 0 fully saturated rings. The zero-order valence-electron chi connectivity index (χ0n) is 14.3. The van der Waals surface area contributed by atoms with E-state index >= 15 is 0 Å². The molecular weight excluding hydrogens is 358 g/mol. The van der Waals surface area contributed by atoms with E-state index in [1.54, 1.807) is 31.2 Å². The molecule has 0 unspecified atom stereocenters. The fourth-order valence-electron chi connectivity index (χ4n) is 1.85. The Balaban J connectivity index is 1.81. The van der Waals surface area contributed by atoms with E-state index < -0.39 is 18.0 Å². The second-order valence-electron chi connectivity index (χ2n) is 5.12. The SMILES string of the molecule is CCOC(=O)[C@H](C)NC(=O)NCc1nnc(C(=O)Nc2ccccc2)s1. The Morgan fingerprint density at radius 3 is 2.62 bits per heavy atom. The highest BCUT2D eigenvalue weighted by Gasteiger charge is 2.17. The van der Waals surface area contributed by atoms with Gasteiger partial charge in [0.05, 0.1) is 13.2 Å². The maximum Gasteiger partial charge on any atom is 0.328 e. The van der Waals surface area contributed by atoms with Crippen LogP contribution in [0, 0.1) is 0 Å². The molecule has 1 aromatic carbocycles. The van der Waals surface area contributed by atoms with Crippen LogP contribution in [0.25, 0.3) is 0 Å². The Kier molecular flexibility index (Phi) is 7.03. The Labute approximate surface area is 154 Å². The van der Waals surface area contributed by atoms with Crippen LogP contribution in [-0.2, 0) is 16.1 Å². The van der Waals surface area contributed by atoms with Gasteiger partial charge in [-0.25, -0.2) is 9.59 Å². The number of amides is 3. The lowest BCUT2D eigenvalue weighted by molar-refractivity contribution is -0.144. The minimum atomic E-state index is -0.767. The van der Waals surface area contributed by atoms with E-state index in [2.05, 4.69) is 26.1 Å². The van der Waals surface area contributed by atoms with E-state index in [4.69, 9.17) is 4.74 Å². The molecule has 138 valence electrons. The number of hydrogen-bond acceptors (Lipinski definition) is 7. The van der Waals surface area contributed by atoms with E-state index in [0.717, 1.165) is 11.3 Å². The molecule has 0 saturated carbocycles. The van der Waals surface area contributed by atoms with Crippen LogP contribution in [0.2, 0.25) is 0 Å². The van der Waals surface area contributed by atoms with Crippen LogP contribution in [0.1, 0.15) is 28.7 Å². The predicted octanol–water partition coefficient (Wildman–Crippen LogP) is 1.54. The summed E-state index contributed by atoms with van der Waals surface area (Å²) in [7, 11) is 0. The summed E-state index contributed by atoms with van der Waals surface area (Å²) in [6.45, 7) is 3.53. The van der Waals surface area contributed by atoms with Crippen molar-refractivity contribution in [1.29, 1.82) is 0 Å². The molecule has 1 atom stereocenters. The molecule has 9 nitrogen and oxygen atoms in total. The van der Waals surface area contributed by atoms with Crippen molar-refractivity contribution in [1.82, 2.24) is 20.8 Å². The molecule has 3 N–H and O–H groups in total. The van der Waals surface area contributed by atoms with Crippen LogP contribution in [0.4, 0.5) is 10.5 Å². The number of esters is 1. The van der Waals surface area contributed by atoms with E-state index in [-0.39, 0.29) is 24.1 Å². The molecule has 0 spiro atoms. The molecule has 1 heterocycles. The van der Waals surface area contributed by atoms with E-state index in [1.165, 1.54) is 6.92 Å². The van der Waals surface area contributed by atoms with Crippen LogP contribution in [0.15, 0.2) is 30.3 Å². The normalized spacial score (nSPS) is 11.3. The molecule has 0 bridgehead atoms. The first-order valence-corrected chi connectivity index (χ1v) is 8.71. The summed E-state index contributed by atoms with van der Waals surface area (Å²) >= 11 is 1.07. The van der Waals surface area contributed by atoms with Crippen molar-refractivity contribution in [3.05, 3.63) is 40.3 Å². The zero-order valence-corrected chi connectivity index (χ0v) is 15.1. The second kappa shape index (κ2) is 9.47. The number of urea groups is 1. The molecule has 1 aromatic heterocycles. The third-order valence-corrected chi connectivity index (χ3v) is 4.00. The number of nitrogens with one attached hydrogen (secondary N) is 3. The molecule has 0 aliphatic carbocycles. The van der Waals surface area contributed by atoms with Crippen molar-refractivity contribution in [2.45, 2.75) is 26.4 Å². The van der Waals surface area contributed by atoms with Gasteiger partial charge in [-0.05, 0) is 26.0 Å². The highest BCUT2D eigenvalue weighted by Crippen LogP contribution is 2.13. The fourth-order valence-corrected chi connectivity index (χ4v) is 2.53. The molecule has 0 aliphatic heterocycles. The molecule has 10 heteroatoms. The van der Waals surface area contributed by atoms with Crippen LogP contribution < -0.4 is 16.0 Å². The molecule has 2 aromatic rings. The number of aromatic nitrogens is 2. The second-order valence-corrected chi connectivity index (χ2v) is 6.18. The van der Waals surface area contributed by atoms with Gasteiger partial charge in [-0.2, -0.15) is 0 Å². The molecular formula is C16H19N5O4S. The number of para-hydroxylation sites is 1. The van der Waals surface area contributed by atoms with Crippen molar-refractivity contribution in [3.8, 4) is 0 Å². The highest BCUT2D eigenvalue weighted by molar-refractivity contribution is 7.13. The number of carbonyl (C=O) groups is 3. The Hall–Kier alpha value is -3.01. The number of hydrogen-bond donors (Lipinski definition) is 3. The number of carbonyl (C=O) groups excluding carboxylic acids is 3. The summed E-state index contributed by atoms with van der Waals surface area (Å²) in [5, 5.41) is 16.0. The Bertz CT molecular complexity index is 765. The quantitative estimate of drug-likeness (QED) is 0.629. The summed E-state index contributed by atoms with van der Waals surface area (Å²) in [6, 6.07) is 7.67. The van der Waals surface area contributed by atoms with Gasteiger partial charge in [0.25, 0.3) is 5.91 Å². The third kappa shape index (κ3) is 5.81. The zero-order chi connectivity index (χ0) is 18.9. The Morgan fingerprint density at radius 1 is 1.19 bits per heavy atom. The molecule has 3 amide bonds. The van der Waals surface area contributed by atoms with Crippen molar-refractivity contribution < 1.29 is 19.1 Å². The summed E-state index contributed by atoms with van der Waals surface area (Å²) in [4.78, 5) is 35.3. The van der Waals surface area contributed by atoms with Gasteiger partial charge in [-0.15, -0.1) is 10.2 Å². The van der Waals surface area contributed by atoms with Gasteiger partial charge in [-0.3, -0.25) is 4.79 Å². The Morgan fingerprint density at radius 2 is 1.92 bits per heavy atom. The minimum absolute atomic E-state index is 0.0810. The molecule has 2 rings (SSSR count). The largest absolute Gasteiger partial charge is 0.464 e. The third-order valence-electron chi connectivity index (χ3n) is 3.08. The molecule has 0 radical (unpaired) electrons. The average Bonchev–Trinajstić information content (AvgIpc) is 3.10. The van der Waals surface area contributed by atoms with Gasteiger partial charge >= 0.3 is 12.0 Å². The van der Waals surface area contributed by atoms with Crippen molar-refractivity contribution in [3.63, 3.8) is 0 Å². The van der Waals surface area contributed by atoms with Gasteiger partial charge in [0.15, 0.2) is 0 Å². The highest BCUT2D eigenvalue weighted by atomic mass is 32.1. The maximum absolute atomic E-state index is 12.1. The van der Waals surface area contributed by atoms with Crippen LogP contribution in [-0.4, -0.2) is 40.8 Å². The van der Waals surface area contributed by atoms with Crippen LogP contribution >= 0.6 is 11.3 Å². The van der Waals surface area contributed by atoms with Crippen molar-refractivity contribution in [2.24, 2.45) is 0 Å². The number of benzene rings is 1. The van der Waals surface area contributed by atoms with Crippen LogP contribution in [0.5, 0.6) is 0 Å². The summed E-state index contributed by atoms with van der Waals surface area (Å²) in [5.41, 5.74) is 0.653. The molecule has 0 saturated heterocycles. The van der Waals surface area contributed by atoms with E-state index in [0.29, 0.717) is 10.7 Å². The average molecular weight is 377 g/mol. The lowest BCUT2D eigenvalue weighted by Gasteiger charge is -2.12. The van der Waals surface area contributed by atoms with Gasteiger partial charge in [-0.1, -0.05) is 29.5 Å². The van der Waals surface area contributed by atoms with E-state index in [9.17, 15) is 14.4 Å². The van der Waals surface area contributed by atoms with Gasteiger partial charge in [0.2, 0.25) is 5.01 Å². The van der Waals surface area contributed by atoms with Crippen molar-refractivity contribution >= 4 is 34.9 Å². The molecule has 0 aliphatic rings. The number of ether oxygens (including phenoxy) is 1. The minimum Gasteiger partial charge on any atom is -0.464 e. The molecule has 26 heavy (non-hydrogen) atoms. The smallest absolute Gasteiger partial charge is 0.328 e. The van der Waals surface area contributed by atoms with Crippen molar-refractivity contribution in [2.75, 3.05) is 11.9 Å². The topological polar surface area (TPSA) is 122 Å². The van der Waals surface area contributed by atoms with Gasteiger partial charge < -0.3 is 20.7 Å². The predicted molar refractivity (Wildman–Crippen MR) is 95.8 cm³/mol. The van der Waals surface area contributed by atoms with Gasteiger partial charge in [0, 0.05) is 5.69 Å². The fraction of sp³-hybridized carbons (Fsp3) is 0.312. The lowest BCUT2D eigenvalue weighted by atomic mass is 10.3. The summed E-state index contributed by atoms with van der Waals surface area (Å²) in [6.07, 6.45) is 0. The van der Waals surface area contributed by atoms with E-state index in [1.807, 2.05) is 6.07 Å². The van der Waals surface area contributed by atoms with Gasteiger partial charge in [0.1, 0.15) is 11.0 Å². The monoisotopic (exact) mass is 377 g/mol. The first kappa shape index (κ1) is 19.3. The first-order valence-electron chi connectivity index (χ1n) is 7.89. The standard InChI is InChI=1S/C16H19N5O4S/c1-3-25-15(23)10(2)18-16(24)17-9-12-20-21-14(26-12)13(22)19-11-7-5-4-6-8-11/h4-8,10H,3,9H2,1-2H3,(H,19,22)(H2,17,18,24)/t10-/m0/s1. The summed E-state index contributed by atoms with van der Waals surface area (Å²) in [5.74, 6) is -0.890. The number of rotatable bonds is 7. The lowest BCUT2D eigenvalue weighted by Crippen LogP contribution is -2.44. The summed E-state index contributed by atoms with van der Waals surface area (Å²) < 4.78 is 4.80. The van der Waals surface area contributed by atoms with Crippen LogP contribution in [0.3, 0.4) is 0 Å².